The average Bonchev–Trinajstić information content (AvgIpc) is 2.32. The number of fused-ring (bicyclic) bond motifs is 3. The highest BCUT2D eigenvalue weighted by Crippen LogP contribution is 2.29. The molecule has 0 saturated heterocycles. The molecular formula is C13H7FO4. The first-order chi connectivity index (χ1) is 8.56. The van der Waals surface area contributed by atoms with Crippen LogP contribution in [0.5, 0.6) is 11.5 Å². The average molecular weight is 246 g/mol. The van der Waals surface area contributed by atoms with Gasteiger partial charge in [0.2, 0.25) is 0 Å². The van der Waals surface area contributed by atoms with Crippen LogP contribution in [-0.4, -0.2) is 10.2 Å². The van der Waals surface area contributed by atoms with E-state index in [0.29, 0.717) is 10.8 Å². The van der Waals surface area contributed by atoms with Crippen LogP contribution in [0.3, 0.4) is 0 Å². The Kier molecular flexibility index (Phi) is 2.04. The van der Waals surface area contributed by atoms with Crippen molar-refractivity contribution < 1.29 is 19.0 Å². The fraction of sp³-hybridized carbons (Fsp3) is 0. The highest BCUT2D eigenvalue weighted by molar-refractivity contribution is 6.04. The van der Waals surface area contributed by atoms with E-state index < -0.39 is 17.2 Å². The van der Waals surface area contributed by atoms with Crippen molar-refractivity contribution in [3.8, 4) is 11.5 Å². The van der Waals surface area contributed by atoms with Crippen LogP contribution in [0, 0.1) is 5.82 Å². The summed E-state index contributed by atoms with van der Waals surface area (Å²) in [4.78, 5) is 11.7. The Labute approximate surface area is 99.5 Å². The Balaban J connectivity index is 2.60. The van der Waals surface area contributed by atoms with E-state index in [2.05, 4.69) is 0 Å². The lowest BCUT2D eigenvalue weighted by Crippen LogP contribution is -1.99. The molecule has 0 saturated carbocycles. The topological polar surface area (TPSA) is 70.7 Å². The number of rotatable bonds is 0. The van der Waals surface area contributed by atoms with Crippen molar-refractivity contribution in [1.29, 1.82) is 0 Å². The van der Waals surface area contributed by atoms with Gasteiger partial charge in [-0.25, -0.2) is 9.18 Å². The van der Waals surface area contributed by atoms with Crippen molar-refractivity contribution in [2.24, 2.45) is 0 Å². The number of aromatic hydroxyl groups is 2. The van der Waals surface area contributed by atoms with Gasteiger partial charge in [-0.1, -0.05) is 0 Å². The molecule has 0 aliphatic rings. The van der Waals surface area contributed by atoms with Crippen LogP contribution in [0.4, 0.5) is 4.39 Å². The molecule has 3 aromatic rings. The van der Waals surface area contributed by atoms with Gasteiger partial charge >= 0.3 is 5.63 Å². The summed E-state index contributed by atoms with van der Waals surface area (Å²) in [5.41, 5.74) is -0.559. The molecule has 3 rings (SSSR count). The Morgan fingerprint density at radius 3 is 2.56 bits per heavy atom. The Hall–Kier alpha value is -2.56. The number of halogens is 1. The van der Waals surface area contributed by atoms with E-state index in [-0.39, 0.29) is 16.7 Å². The minimum Gasteiger partial charge on any atom is -0.508 e. The summed E-state index contributed by atoms with van der Waals surface area (Å²) in [6, 6.07) is 6.29. The van der Waals surface area contributed by atoms with Gasteiger partial charge in [-0.2, -0.15) is 0 Å². The Morgan fingerprint density at radius 1 is 1.00 bits per heavy atom. The number of benzene rings is 2. The highest BCUT2D eigenvalue weighted by atomic mass is 19.1. The molecule has 1 heterocycles. The van der Waals surface area contributed by atoms with Crippen LogP contribution in [0.15, 0.2) is 39.5 Å². The zero-order valence-electron chi connectivity index (χ0n) is 8.98. The van der Waals surface area contributed by atoms with Crippen molar-refractivity contribution in [3.63, 3.8) is 0 Å². The van der Waals surface area contributed by atoms with Gasteiger partial charge in [-0.3, -0.25) is 0 Å². The van der Waals surface area contributed by atoms with Crippen molar-refractivity contribution >= 4 is 21.7 Å². The highest BCUT2D eigenvalue weighted by Gasteiger charge is 2.11. The molecule has 0 amide bonds. The summed E-state index contributed by atoms with van der Waals surface area (Å²) in [5, 5.41) is 19.6. The summed E-state index contributed by atoms with van der Waals surface area (Å²) in [7, 11) is 0. The standard InChI is InChI=1S/C13H7FO4/c14-10-4-8-7-2-1-6(15)3-9(7)13(17)18-12(8)5-11(10)16/h1-5,15-16H. The molecule has 18 heavy (non-hydrogen) atoms. The molecule has 2 aromatic carbocycles. The van der Waals surface area contributed by atoms with E-state index in [9.17, 15) is 19.4 Å². The van der Waals surface area contributed by atoms with Crippen LogP contribution in [0.1, 0.15) is 0 Å². The third-order valence-electron chi connectivity index (χ3n) is 2.76. The molecule has 0 bridgehead atoms. The van der Waals surface area contributed by atoms with Gasteiger partial charge in [0, 0.05) is 16.8 Å². The molecule has 0 atom stereocenters. The zero-order chi connectivity index (χ0) is 12.9. The lowest BCUT2D eigenvalue weighted by Gasteiger charge is -2.04. The van der Waals surface area contributed by atoms with E-state index in [4.69, 9.17) is 4.42 Å². The molecule has 4 nitrogen and oxygen atoms in total. The fourth-order valence-electron chi connectivity index (χ4n) is 1.93. The third kappa shape index (κ3) is 1.41. The van der Waals surface area contributed by atoms with Crippen LogP contribution >= 0.6 is 0 Å². The van der Waals surface area contributed by atoms with Gasteiger partial charge < -0.3 is 14.6 Å². The maximum Gasteiger partial charge on any atom is 0.344 e. The largest absolute Gasteiger partial charge is 0.508 e. The van der Waals surface area contributed by atoms with Gasteiger partial charge in [0.1, 0.15) is 11.3 Å². The molecule has 2 N–H and O–H groups in total. The molecule has 5 heteroatoms. The lowest BCUT2D eigenvalue weighted by atomic mass is 10.1. The Morgan fingerprint density at radius 2 is 1.78 bits per heavy atom. The monoisotopic (exact) mass is 246 g/mol. The SMILES string of the molecule is O=c1oc2cc(O)c(F)cc2c2ccc(O)cc12. The van der Waals surface area contributed by atoms with Gasteiger partial charge in [0.05, 0.1) is 5.39 Å². The summed E-state index contributed by atoms with van der Waals surface area (Å²) in [6.45, 7) is 0. The summed E-state index contributed by atoms with van der Waals surface area (Å²) in [5.74, 6) is -1.46. The molecule has 1 aromatic heterocycles. The predicted octanol–water partition coefficient (Wildman–Crippen LogP) is 2.50. The van der Waals surface area contributed by atoms with Crippen LogP contribution in [0.25, 0.3) is 21.7 Å². The zero-order valence-corrected chi connectivity index (χ0v) is 8.98. The molecule has 0 fully saturated rings. The van der Waals surface area contributed by atoms with Crippen LogP contribution < -0.4 is 5.63 Å². The molecule has 0 unspecified atom stereocenters. The van der Waals surface area contributed by atoms with Crippen LogP contribution in [0.2, 0.25) is 0 Å². The number of hydrogen-bond donors (Lipinski definition) is 2. The maximum absolute atomic E-state index is 13.3. The van der Waals surface area contributed by atoms with Crippen molar-refractivity contribution in [2.45, 2.75) is 0 Å². The first-order valence-corrected chi connectivity index (χ1v) is 5.14. The summed E-state index contributed by atoms with van der Waals surface area (Å²) < 4.78 is 18.3. The van der Waals surface area contributed by atoms with E-state index in [0.717, 1.165) is 12.1 Å². The van der Waals surface area contributed by atoms with Gasteiger partial charge in [-0.15, -0.1) is 0 Å². The van der Waals surface area contributed by atoms with E-state index in [1.54, 1.807) is 0 Å². The second-order valence-electron chi connectivity index (χ2n) is 3.92. The molecular weight excluding hydrogens is 239 g/mol. The number of phenolic OH excluding ortho intramolecular Hbond substituents is 2. The second kappa shape index (κ2) is 3.46. The quantitative estimate of drug-likeness (QED) is 0.472. The minimum absolute atomic E-state index is 0.0756. The molecule has 0 aliphatic carbocycles. The van der Waals surface area contributed by atoms with Gasteiger partial charge in [0.25, 0.3) is 0 Å². The van der Waals surface area contributed by atoms with Crippen molar-refractivity contribution in [3.05, 3.63) is 46.6 Å². The van der Waals surface area contributed by atoms with Gasteiger partial charge in [-0.05, 0) is 24.3 Å². The fourth-order valence-corrected chi connectivity index (χ4v) is 1.93. The summed E-state index contributed by atoms with van der Waals surface area (Å²) in [6.07, 6.45) is 0. The minimum atomic E-state index is -0.800. The molecule has 0 radical (unpaired) electrons. The van der Waals surface area contributed by atoms with E-state index >= 15 is 0 Å². The van der Waals surface area contributed by atoms with Crippen LogP contribution in [-0.2, 0) is 0 Å². The molecule has 90 valence electrons. The lowest BCUT2D eigenvalue weighted by molar-refractivity contribution is 0.431. The molecule has 0 spiro atoms. The van der Waals surface area contributed by atoms with E-state index in [1.165, 1.54) is 18.2 Å². The van der Waals surface area contributed by atoms with Gasteiger partial charge in [0.15, 0.2) is 11.6 Å². The smallest absolute Gasteiger partial charge is 0.344 e. The number of phenols is 2. The summed E-state index contributed by atoms with van der Waals surface area (Å²) >= 11 is 0. The molecule has 0 aliphatic heterocycles. The first kappa shape index (κ1) is 10.6. The Bertz CT molecular complexity index is 836. The van der Waals surface area contributed by atoms with E-state index in [1.807, 2.05) is 0 Å². The van der Waals surface area contributed by atoms with Crippen molar-refractivity contribution in [2.75, 3.05) is 0 Å². The third-order valence-corrected chi connectivity index (χ3v) is 2.76. The maximum atomic E-state index is 13.3. The first-order valence-electron chi connectivity index (χ1n) is 5.14. The van der Waals surface area contributed by atoms with Crippen molar-refractivity contribution in [1.82, 2.24) is 0 Å². The predicted molar refractivity (Wildman–Crippen MR) is 63.3 cm³/mol. The second-order valence-corrected chi connectivity index (χ2v) is 3.92. The number of hydrogen-bond acceptors (Lipinski definition) is 4. The normalized spacial score (nSPS) is 11.2.